The lowest BCUT2D eigenvalue weighted by molar-refractivity contribution is 0.297. The van der Waals surface area contributed by atoms with Crippen LogP contribution < -0.4 is 0 Å². The maximum absolute atomic E-state index is 8.74. The average molecular weight is 154 g/mol. The van der Waals surface area contributed by atoms with Crippen LogP contribution in [0.3, 0.4) is 0 Å². The minimum absolute atomic E-state index is 0.325. The smallest absolute Gasteiger partial charge is 0.0468 e. The zero-order valence-electron chi connectivity index (χ0n) is 7.18. The second kappa shape index (κ2) is 5.36. The summed E-state index contributed by atoms with van der Waals surface area (Å²) in [6.45, 7) is 0.325. The Morgan fingerprint density at radius 3 is 2.82 bits per heavy atom. The molecule has 1 rings (SSSR count). The summed E-state index contributed by atoms with van der Waals surface area (Å²) in [5.74, 6) is 0. The van der Waals surface area contributed by atoms with Crippen LogP contribution in [0.1, 0.15) is 44.9 Å². The molecule has 0 spiro atoms. The van der Waals surface area contributed by atoms with Gasteiger partial charge in [0.15, 0.2) is 0 Å². The zero-order chi connectivity index (χ0) is 7.94. The van der Waals surface area contributed by atoms with E-state index in [4.69, 9.17) is 5.11 Å². The molecule has 0 atom stereocenters. The molecule has 0 heterocycles. The molecule has 0 aromatic carbocycles. The van der Waals surface area contributed by atoms with E-state index in [2.05, 4.69) is 6.08 Å². The Labute approximate surface area is 69.1 Å². The van der Waals surface area contributed by atoms with Crippen LogP contribution in [-0.4, -0.2) is 11.7 Å². The average Bonchev–Trinajstić information content (AvgIpc) is 1.94. The Bertz CT molecular complexity index is 127. The molecular formula is C10H18O. The lowest BCUT2D eigenvalue weighted by Gasteiger charge is -2.09. The van der Waals surface area contributed by atoms with Gasteiger partial charge in [0, 0.05) is 6.61 Å². The highest BCUT2D eigenvalue weighted by molar-refractivity contribution is 5.02. The first-order chi connectivity index (χ1) is 5.43. The molecule has 0 aromatic rings. The Morgan fingerprint density at radius 2 is 2.00 bits per heavy atom. The van der Waals surface area contributed by atoms with Crippen LogP contribution in [0, 0.1) is 0 Å². The molecule has 1 N–H and O–H groups in total. The first kappa shape index (κ1) is 8.79. The third kappa shape index (κ3) is 3.57. The van der Waals surface area contributed by atoms with Gasteiger partial charge in [-0.2, -0.15) is 0 Å². The number of hydrogen-bond donors (Lipinski definition) is 1. The van der Waals surface area contributed by atoms with Crippen LogP contribution in [0.25, 0.3) is 0 Å². The third-order valence-corrected chi connectivity index (χ3v) is 2.32. The van der Waals surface area contributed by atoms with Crippen molar-refractivity contribution in [3.05, 3.63) is 11.6 Å². The van der Waals surface area contributed by atoms with Gasteiger partial charge in [-0.25, -0.2) is 0 Å². The van der Waals surface area contributed by atoms with Crippen LogP contribution in [0.15, 0.2) is 11.6 Å². The van der Waals surface area contributed by atoms with Gasteiger partial charge < -0.3 is 5.11 Å². The molecule has 1 nitrogen and oxygen atoms in total. The minimum atomic E-state index is 0.325. The van der Waals surface area contributed by atoms with E-state index in [-0.39, 0.29) is 0 Å². The second-order valence-corrected chi connectivity index (χ2v) is 3.29. The summed E-state index contributed by atoms with van der Waals surface area (Å²) in [7, 11) is 0. The predicted molar refractivity (Wildman–Crippen MR) is 47.5 cm³/mol. The van der Waals surface area contributed by atoms with Gasteiger partial charge in [-0.05, 0) is 32.1 Å². The van der Waals surface area contributed by atoms with Crippen LogP contribution in [-0.2, 0) is 0 Å². The van der Waals surface area contributed by atoms with Gasteiger partial charge in [-0.15, -0.1) is 0 Å². The van der Waals surface area contributed by atoms with E-state index in [1.54, 1.807) is 0 Å². The molecule has 0 unspecified atom stereocenters. The van der Waals surface area contributed by atoms with Crippen molar-refractivity contribution < 1.29 is 5.11 Å². The summed E-state index contributed by atoms with van der Waals surface area (Å²) in [6, 6.07) is 0. The van der Waals surface area contributed by atoms with Crippen molar-refractivity contribution in [2.24, 2.45) is 0 Å². The van der Waals surface area contributed by atoms with Crippen LogP contribution in [0.4, 0.5) is 0 Å². The molecule has 0 aliphatic heterocycles. The maximum atomic E-state index is 8.74. The number of rotatable bonds is 2. The van der Waals surface area contributed by atoms with Gasteiger partial charge in [-0.1, -0.05) is 24.5 Å². The fourth-order valence-corrected chi connectivity index (χ4v) is 1.63. The lowest BCUT2D eigenvalue weighted by atomic mass is 9.98. The molecule has 0 amide bonds. The largest absolute Gasteiger partial charge is 0.396 e. The van der Waals surface area contributed by atoms with Gasteiger partial charge in [0.05, 0.1) is 0 Å². The van der Waals surface area contributed by atoms with E-state index in [1.807, 2.05) is 0 Å². The van der Waals surface area contributed by atoms with Crippen molar-refractivity contribution >= 4 is 0 Å². The Balaban J connectivity index is 2.32. The molecule has 0 radical (unpaired) electrons. The van der Waals surface area contributed by atoms with Gasteiger partial charge >= 0.3 is 0 Å². The molecule has 0 saturated heterocycles. The second-order valence-electron chi connectivity index (χ2n) is 3.29. The Kier molecular flexibility index (Phi) is 4.29. The van der Waals surface area contributed by atoms with Crippen molar-refractivity contribution in [3.8, 4) is 0 Å². The van der Waals surface area contributed by atoms with Gasteiger partial charge in [0.1, 0.15) is 0 Å². The predicted octanol–water partition coefficient (Wildman–Crippen LogP) is 2.65. The van der Waals surface area contributed by atoms with Gasteiger partial charge in [0.25, 0.3) is 0 Å². The molecule has 0 saturated carbocycles. The normalized spacial score (nSPS) is 25.0. The molecule has 1 aliphatic carbocycles. The molecule has 1 heteroatoms. The van der Waals surface area contributed by atoms with Crippen molar-refractivity contribution in [1.29, 1.82) is 0 Å². The molecule has 0 aromatic heterocycles. The fraction of sp³-hybridized carbons (Fsp3) is 0.800. The SMILES string of the molecule is OCC/C1=C/CCCCCC1. The quantitative estimate of drug-likeness (QED) is 0.606. The van der Waals surface area contributed by atoms with E-state index in [0.29, 0.717) is 6.61 Å². The fourth-order valence-electron chi connectivity index (χ4n) is 1.63. The topological polar surface area (TPSA) is 20.2 Å². The van der Waals surface area contributed by atoms with E-state index >= 15 is 0 Å². The third-order valence-electron chi connectivity index (χ3n) is 2.32. The number of aliphatic hydroxyl groups is 1. The standard InChI is InChI=1S/C10H18O/c11-9-8-10-6-4-2-1-3-5-7-10/h6,11H,1-5,7-9H2/b10-6+. The molecule has 64 valence electrons. The highest BCUT2D eigenvalue weighted by atomic mass is 16.2. The first-order valence-corrected chi connectivity index (χ1v) is 4.72. The lowest BCUT2D eigenvalue weighted by Crippen LogP contribution is -1.93. The van der Waals surface area contributed by atoms with E-state index < -0.39 is 0 Å². The molecule has 0 bridgehead atoms. The number of allylic oxidation sites excluding steroid dienone is 1. The summed E-state index contributed by atoms with van der Waals surface area (Å²) in [5, 5.41) is 8.74. The first-order valence-electron chi connectivity index (χ1n) is 4.72. The highest BCUT2D eigenvalue weighted by Crippen LogP contribution is 2.18. The summed E-state index contributed by atoms with van der Waals surface area (Å²) in [5.41, 5.74) is 1.48. The molecule has 0 fully saturated rings. The summed E-state index contributed by atoms with van der Waals surface area (Å²) in [4.78, 5) is 0. The summed E-state index contributed by atoms with van der Waals surface area (Å²) < 4.78 is 0. The highest BCUT2D eigenvalue weighted by Gasteiger charge is 2.00. The minimum Gasteiger partial charge on any atom is -0.396 e. The molecule has 1 aliphatic rings. The summed E-state index contributed by atoms with van der Waals surface area (Å²) >= 11 is 0. The van der Waals surface area contributed by atoms with Crippen molar-refractivity contribution in [2.75, 3.05) is 6.61 Å². The maximum Gasteiger partial charge on any atom is 0.0468 e. The van der Waals surface area contributed by atoms with Crippen molar-refractivity contribution in [3.63, 3.8) is 0 Å². The van der Waals surface area contributed by atoms with Crippen LogP contribution in [0.5, 0.6) is 0 Å². The van der Waals surface area contributed by atoms with Gasteiger partial charge in [0.2, 0.25) is 0 Å². The number of hydrogen-bond acceptors (Lipinski definition) is 1. The number of aliphatic hydroxyl groups excluding tert-OH is 1. The van der Waals surface area contributed by atoms with E-state index in [9.17, 15) is 0 Å². The van der Waals surface area contributed by atoms with E-state index in [0.717, 1.165) is 6.42 Å². The zero-order valence-corrected chi connectivity index (χ0v) is 7.18. The van der Waals surface area contributed by atoms with Crippen molar-refractivity contribution in [1.82, 2.24) is 0 Å². The Morgan fingerprint density at radius 1 is 1.18 bits per heavy atom. The molecule has 11 heavy (non-hydrogen) atoms. The van der Waals surface area contributed by atoms with Crippen molar-refractivity contribution in [2.45, 2.75) is 44.9 Å². The monoisotopic (exact) mass is 154 g/mol. The van der Waals surface area contributed by atoms with Crippen LogP contribution in [0.2, 0.25) is 0 Å². The van der Waals surface area contributed by atoms with E-state index in [1.165, 1.54) is 44.1 Å². The van der Waals surface area contributed by atoms with Gasteiger partial charge in [-0.3, -0.25) is 0 Å². The Hall–Kier alpha value is -0.300. The summed E-state index contributed by atoms with van der Waals surface area (Å²) in [6.07, 6.45) is 11.1. The van der Waals surface area contributed by atoms with Crippen LogP contribution >= 0.6 is 0 Å². The molecular weight excluding hydrogens is 136 g/mol.